The van der Waals surface area contributed by atoms with Crippen molar-refractivity contribution in [3.63, 3.8) is 0 Å². The monoisotopic (exact) mass is 137 g/mol. The summed E-state index contributed by atoms with van der Waals surface area (Å²) in [5, 5.41) is 0.196. The van der Waals surface area contributed by atoms with Gasteiger partial charge in [-0.25, -0.2) is 0 Å². The van der Waals surface area contributed by atoms with Gasteiger partial charge in [-0.3, -0.25) is 0 Å². The first-order valence-corrected chi connectivity index (χ1v) is 3.97. The fraction of sp³-hybridized carbons (Fsp3) is 0.750. The van der Waals surface area contributed by atoms with Crippen molar-refractivity contribution in [2.75, 3.05) is 5.75 Å². The van der Waals surface area contributed by atoms with Crippen molar-refractivity contribution in [3.05, 3.63) is 5.88 Å². The van der Waals surface area contributed by atoms with Gasteiger partial charge >= 0.3 is 0 Å². The highest BCUT2D eigenvalue weighted by atomic mass is 35.5. The maximum Gasteiger partial charge on any atom is 0.138 e. The van der Waals surface area contributed by atoms with Crippen molar-refractivity contribution in [3.8, 4) is 0 Å². The molecule has 1 heterocycles. The van der Waals surface area contributed by atoms with Crippen LogP contribution in [0.3, 0.4) is 0 Å². The molecule has 1 rings (SSSR count). The van der Waals surface area contributed by atoms with Crippen molar-refractivity contribution in [2.24, 2.45) is 0 Å². The third kappa shape index (κ3) is 1.04. The lowest BCUT2D eigenvalue weighted by atomic mass is 10.3. The molecule has 2 unspecified atom stereocenters. The molecule has 0 amide bonds. The van der Waals surface area contributed by atoms with Crippen LogP contribution in [0.2, 0.25) is 0 Å². The normalized spacial score (nSPS) is 40.3. The summed E-state index contributed by atoms with van der Waals surface area (Å²) < 4.78 is 10.5. The van der Waals surface area contributed by atoms with E-state index < -0.39 is 11.2 Å². The Morgan fingerprint density at radius 3 is 2.57 bits per heavy atom. The Bertz CT molecular complexity index is 66.7. The molecule has 1 nitrogen and oxygen atoms in total. The Morgan fingerprint density at radius 2 is 2.57 bits per heavy atom. The number of rotatable bonds is 1. The van der Waals surface area contributed by atoms with Gasteiger partial charge in [-0.15, -0.1) is 11.6 Å². The third-order valence-corrected chi connectivity index (χ3v) is 3.22. The topological polar surface area (TPSA) is 23.1 Å². The number of halogens is 1. The van der Waals surface area contributed by atoms with Crippen molar-refractivity contribution in [2.45, 2.75) is 11.7 Å². The summed E-state index contributed by atoms with van der Waals surface area (Å²) in [5.41, 5.74) is 0. The van der Waals surface area contributed by atoms with Crippen LogP contribution in [0.4, 0.5) is 0 Å². The van der Waals surface area contributed by atoms with Gasteiger partial charge in [0.2, 0.25) is 0 Å². The lowest BCUT2D eigenvalue weighted by molar-refractivity contribution is 0.562. The van der Waals surface area contributed by atoms with Crippen molar-refractivity contribution in [1.82, 2.24) is 0 Å². The third-order valence-electron chi connectivity index (χ3n) is 1.08. The predicted molar refractivity (Wildman–Crippen MR) is 31.6 cm³/mol. The van der Waals surface area contributed by atoms with E-state index in [1.807, 2.05) is 0 Å². The molecule has 0 aromatic heterocycles. The molecule has 1 aliphatic rings. The van der Waals surface area contributed by atoms with Gasteiger partial charge in [0.15, 0.2) is 0 Å². The smallest absolute Gasteiger partial charge is 0.138 e. The minimum absolute atomic E-state index is 0.196. The van der Waals surface area contributed by atoms with Crippen LogP contribution in [-0.2, 0) is 11.2 Å². The standard InChI is InChI=1S/C4H6ClOS/c5-3-4-1-2-7(4)6/h3-4H,1-2H2. The van der Waals surface area contributed by atoms with E-state index in [-0.39, 0.29) is 5.25 Å². The van der Waals surface area contributed by atoms with Gasteiger partial charge in [0.25, 0.3) is 0 Å². The summed E-state index contributed by atoms with van der Waals surface area (Å²) in [5.74, 6) is 2.34. The van der Waals surface area contributed by atoms with Crippen molar-refractivity contribution in [1.29, 1.82) is 0 Å². The van der Waals surface area contributed by atoms with Crippen LogP contribution < -0.4 is 0 Å². The van der Waals surface area contributed by atoms with Gasteiger partial charge in [-0.1, -0.05) is 0 Å². The zero-order valence-corrected chi connectivity index (χ0v) is 5.34. The molecule has 0 aliphatic carbocycles. The van der Waals surface area contributed by atoms with E-state index in [0.29, 0.717) is 0 Å². The zero-order valence-electron chi connectivity index (χ0n) is 3.76. The minimum Gasteiger partial charge on any atom is -0.616 e. The average Bonchev–Trinajstić information content (AvgIpc) is 1.65. The molecule has 0 spiro atoms. The van der Waals surface area contributed by atoms with E-state index in [1.165, 1.54) is 5.88 Å². The van der Waals surface area contributed by atoms with Gasteiger partial charge in [-0.2, -0.15) is 0 Å². The predicted octanol–water partition coefficient (Wildman–Crippen LogP) is 0.908. The zero-order chi connectivity index (χ0) is 5.28. The van der Waals surface area contributed by atoms with Gasteiger partial charge in [0.1, 0.15) is 16.9 Å². The van der Waals surface area contributed by atoms with Crippen LogP contribution in [-0.4, -0.2) is 15.6 Å². The van der Waals surface area contributed by atoms with Crippen LogP contribution in [0.5, 0.6) is 0 Å². The Labute approximate surface area is 51.2 Å². The minimum atomic E-state index is -0.617. The SMILES string of the molecule is [O-][S+]1CCC1[CH]Cl. The fourth-order valence-corrected chi connectivity index (χ4v) is 1.76. The van der Waals surface area contributed by atoms with Crippen LogP contribution >= 0.6 is 11.6 Å². The highest BCUT2D eigenvalue weighted by Gasteiger charge is 2.32. The van der Waals surface area contributed by atoms with E-state index in [0.717, 1.165) is 12.2 Å². The highest BCUT2D eigenvalue weighted by Crippen LogP contribution is 2.23. The molecular weight excluding hydrogens is 132 g/mol. The molecule has 0 bridgehead atoms. The second-order valence-corrected chi connectivity index (χ2v) is 3.57. The molecule has 0 N–H and O–H groups in total. The lowest BCUT2D eigenvalue weighted by Gasteiger charge is -2.27. The van der Waals surface area contributed by atoms with Gasteiger partial charge in [-0.05, 0) is 11.2 Å². The Morgan fingerprint density at radius 1 is 1.86 bits per heavy atom. The Balaban J connectivity index is 2.16. The molecule has 2 atom stereocenters. The lowest BCUT2D eigenvalue weighted by Crippen LogP contribution is -2.35. The maximum atomic E-state index is 10.5. The summed E-state index contributed by atoms with van der Waals surface area (Å²) in [6.07, 6.45) is 1.01. The Kier molecular flexibility index (Phi) is 1.84. The quantitative estimate of drug-likeness (QED) is 0.493. The molecular formula is C4H6ClOS. The maximum absolute atomic E-state index is 10.5. The first-order valence-electron chi connectivity index (χ1n) is 2.15. The van der Waals surface area contributed by atoms with Gasteiger partial charge in [0.05, 0.1) is 0 Å². The average molecular weight is 138 g/mol. The molecule has 0 aromatic carbocycles. The summed E-state index contributed by atoms with van der Waals surface area (Å²) in [6, 6.07) is 0. The van der Waals surface area contributed by atoms with E-state index >= 15 is 0 Å². The summed E-state index contributed by atoms with van der Waals surface area (Å²) in [4.78, 5) is 0. The molecule has 1 radical (unpaired) electrons. The first-order chi connectivity index (χ1) is 3.34. The molecule has 1 saturated heterocycles. The van der Waals surface area contributed by atoms with Crippen molar-refractivity contribution >= 4 is 22.8 Å². The highest BCUT2D eigenvalue weighted by molar-refractivity contribution is 7.93. The van der Waals surface area contributed by atoms with Crippen molar-refractivity contribution < 1.29 is 4.55 Å². The van der Waals surface area contributed by atoms with Gasteiger partial charge in [0, 0.05) is 6.42 Å². The first kappa shape index (κ1) is 5.73. The largest absolute Gasteiger partial charge is 0.616 e. The molecule has 0 saturated carbocycles. The van der Waals surface area contributed by atoms with Crippen LogP contribution in [0.1, 0.15) is 6.42 Å². The van der Waals surface area contributed by atoms with E-state index in [2.05, 4.69) is 0 Å². The summed E-state index contributed by atoms with van der Waals surface area (Å²) in [7, 11) is 0. The van der Waals surface area contributed by atoms with E-state index in [9.17, 15) is 4.55 Å². The molecule has 41 valence electrons. The van der Waals surface area contributed by atoms with Crippen LogP contribution in [0.25, 0.3) is 0 Å². The molecule has 1 fully saturated rings. The number of hydrogen-bond acceptors (Lipinski definition) is 1. The second-order valence-electron chi connectivity index (χ2n) is 1.54. The molecule has 3 heteroatoms. The second kappa shape index (κ2) is 2.25. The van der Waals surface area contributed by atoms with E-state index in [4.69, 9.17) is 11.6 Å². The van der Waals surface area contributed by atoms with Crippen LogP contribution in [0.15, 0.2) is 0 Å². The molecule has 1 aliphatic heterocycles. The Hall–Kier alpha value is 0.600. The fourth-order valence-electron chi connectivity index (χ4n) is 0.471. The van der Waals surface area contributed by atoms with Crippen LogP contribution in [0, 0.1) is 5.88 Å². The number of hydrogen-bond donors (Lipinski definition) is 0. The summed E-state index contributed by atoms with van der Waals surface area (Å²) >= 11 is 4.66. The molecule has 7 heavy (non-hydrogen) atoms. The van der Waals surface area contributed by atoms with E-state index in [1.54, 1.807) is 0 Å². The molecule has 0 aromatic rings. The summed E-state index contributed by atoms with van der Waals surface area (Å²) in [6.45, 7) is 0. The van der Waals surface area contributed by atoms with Gasteiger partial charge < -0.3 is 4.55 Å².